The SMILES string of the molecule is Cc1nc(-c2ccc3c(c2)OCCCO3)ccc1C(=O)O. The van der Waals surface area contributed by atoms with Crippen molar-refractivity contribution < 1.29 is 19.4 Å². The average Bonchev–Trinajstić information content (AvgIpc) is 2.71. The van der Waals surface area contributed by atoms with Crippen molar-refractivity contribution >= 4 is 5.97 Å². The van der Waals surface area contributed by atoms with E-state index in [-0.39, 0.29) is 5.56 Å². The van der Waals surface area contributed by atoms with Crippen LogP contribution in [-0.2, 0) is 0 Å². The lowest BCUT2D eigenvalue weighted by atomic mass is 10.1. The summed E-state index contributed by atoms with van der Waals surface area (Å²) < 4.78 is 11.2. The smallest absolute Gasteiger partial charge is 0.337 e. The second-order valence-electron chi connectivity index (χ2n) is 4.85. The van der Waals surface area contributed by atoms with Crippen LogP contribution in [0, 0.1) is 6.92 Å². The molecule has 0 fully saturated rings. The van der Waals surface area contributed by atoms with Crippen LogP contribution in [-0.4, -0.2) is 29.3 Å². The highest BCUT2D eigenvalue weighted by Crippen LogP contribution is 2.33. The Labute approximate surface area is 122 Å². The normalized spacial score (nSPS) is 13.6. The summed E-state index contributed by atoms with van der Waals surface area (Å²) in [5.74, 6) is 0.465. The molecule has 0 atom stereocenters. The van der Waals surface area contributed by atoms with E-state index in [0.29, 0.717) is 30.4 Å². The van der Waals surface area contributed by atoms with Crippen molar-refractivity contribution in [3.63, 3.8) is 0 Å². The van der Waals surface area contributed by atoms with Gasteiger partial charge in [-0.05, 0) is 37.3 Å². The van der Waals surface area contributed by atoms with E-state index < -0.39 is 5.97 Å². The van der Waals surface area contributed by atoms with Crippen LogP contribution in [0.1, 0.15) is 22.5 Å². The summed E-state index contributed by atoms with van der Waals surface area (Å²) in [5.41, 5.74) is 2.30. The molecule has 1 aliphatic rings. The van der Waals surface area contributed by atoms with Gasteiger partial charge in [0.05, 0.1) is 30.2 Å². The number of aromatic carboxylic acids is 1. The minimum Gasteiger partial charge on any atom is -0.490 e. The zero-order valence-corrected chi connectivity index (χ0v) is 11.6. The quantitative estimate of drug-likeness (QED) is 0.918. The molecule has 0 unspecified atom stereocenters. The Morgan fingerprint density at radius 2 is 1.90 bits per heavy atom. The van der Waals surface area contributed by atoms with Gasteiger partial charge in [0.1, 0.15) is 0 Å². The molecule has 0 saturated heterocycles. The highest BCUT2D eigenvalue weighted by atomic mass is 16.5. The summed E-state index contributed by atoms with van der Waals surface area (Å²) in [4.78, 5) is 15.4. The van der Waals surface area contributed by atoms with Crippen LogP contribution >= 0.6 is 0 Å². The zero-order valence-electron chi connectivity index (χ0n) is 11.6. The van der Waals surface area contributed by atoms with Crippen LogP contribution in [0.15, 0.2) is 30.3 Å². The number of carboxylic acids is 1. The molecule has 108 valence electrons. The maximum absolute atomic E-state index is 11.0. The topological polar surface area (TPSA) is 68.7 Å². The van der Waals surface area contributed by atoms with Gasteiger partial charge in [-0.25, -0.2) is 4.79 Å². The van der Waals surface area contributed by atoms with Gasteiger partial charge in [0.15, 0.2) is 11.5 Å². The van der Waals surface area contributed by atoms with Gasteiger partial charge in [0, 0.05) is 12.0 Å². The highest BCUT2D eigenvalue weighted by Gasteiger charge is 2.13. The number of hydrogen-bond acceptors (Lipinski definition) is 4. The largest absolute Gasteiger partial charge is 0.490 e. The number of ether oxygens (including phenoxy) is 2. The lowest BCUT2D eigenvalue weighted by Crippen LogP contribution is -2.02. The van der Waals surface area contributed by atoms with Crippen LogP contribution in [0.5, 0.6) is 11.5 Å². The molecule has 0 bridgehead atoms. The van der Waals surface area contributed by atoms with Gasteiger partial charge in [0.2, 0.25) is 0 Å². The molecule has 5 heteroatoms. The predicted octanol–water partition coefficient (Wildman–Crippen LogP) is 2.92. The second-order valence-corrected chi connectivity index (χ2v) is 4.85. The van der Waals surface area contributed by atoms with Crippen LogP contribution < -0.4 is 9.47 Å². The van der Waals surface area contributed by atoms with E-state index >= 15 is 0 Å². The first-order chi connectivity index (χ1) is 10.1. The molecule has 2 aromatic rings. The lowest BCUT2D eigenvalue weighted by molar-refractivity contribution is 0.0695. The zero-order chi connectivity index (χ0) is 14.8. The molecule has 1 aliphatic heterocycles. The van der Waals surface area contributed by atoms with Crippen molar-refractivity contribution in [1.29, 1.82) is 0 Å². The van der Waals surface area contributed by atoms with Crippen molar-refractivity contribution in [2.75, 3.05) is 13.2 Å². The molecule has 3 rings (SSSR count). The van der Waals surface area contributed by atoms with Crippen molar-refractivity contribution in [2.45, 2.75) is 13.3 Å². The third-order valence-electron chi connectivity index (χ3n) is 3.36. The van der Waals surface area contributed by atoms with E-state index in [4.69, 9.17) is 14.6 Å². The van der Waals surface area contributed by atoms with Crippen molar-refractivity contribution in [1.82, 2.24) is 4.98 Å². The Balaban J connectivity index is 1.99. The van der Waals surface area contributed by atoms with E-state index in [1.54, 1.807) is 19.1 Å². The number of fused-ring (bicyclic) bond motifs is 1. The molecule has 0 saturated carbocycles. The summed E-state index contributed by atoms with van der Waals surface area (Å²) in [6.07, 6.45) is 0.856. The number of aryl methyl sites for hydroxylation is 1. The molecule has 0 aliphatic carbocycles. The summed E-state index contributed by atoms with van der Waals surface area (Å²) >= 11 is 0. The molecule has 0 amide bonds. The van der Waals surface area contributed by atoms with Crippen molar-refractivity contribution in [3.8, 4) is 22.8 Å². The Kier molecular flexibility index (Phi) is 3.48. The maximum atomic E-state index is 11.0. The molecule has 2 heterocycles. The van der Waals surface area contributed by atoms with Gasteiger partial charge in [0.25, 0.3) is 0 Å². The third kappa shape index (κ3) is 2.67. The van der Waals surface area contributed by atoms with E-state index in [2.05, 4.69) is 4.98 Å². The molecular formula is C16H15NO4. The summed E-state index contributed by atoms with van der Waals surface area (Å²) in [5, 5.41) is 9.04. The number of pyridine rings is 1. The molecule has 1 N–H and O–H groups in total. The van der Waals surface area contributed by atoms with Gasteiger partial charge in [-0.2, -0.15) is 0 Å². The van der Waals surface area contributed by atoms with Gasteiger partial charge in [-0.15, -0.1) is 0 Å². The number of aromatic nitrogens is 1. The molecule has 21 heavy (non-hydrogen) atoms. The Hall–Kier alpha value is -2.56. The average molecular weight is 285 g/mol. The summed E-state index contributed by atoms with van der Waals surface area (Å²) in [6, 6.07) is 8.91. The van der Waals surface area contributed by atoms with Gasteiger partial charge in [-0.1, -0.05) is 0 Å². The fourth-order valence-electron chi connectivity index (χ4n) is 2.27. The number of carboxylic acid groups (broad SMARTS) is 1. The van der Waals surface area contributed by atoms with Crippen molar-refractivity contribution in [3.05, 3.63) is 41.6 Å². The van der Waals surface area contributed by atoms with Crippen molar-refractivity contribution in [2.24, 2.45) is 0 Å². The van der Waals surface area contributed by atoms with Crippen LogP contribution in [0.25, 0.3) is 11.3 Å². The van der Waals surface area contributed by atoms with Gasteiger partial charge in [-0.3, -0.25) is 4.98 Å². The van der Waals surface area contributed by atoms with E-state index in [9.17, 15) is 4.79 Å². The van der Waals surface area contributed by atoms with Gasteiger partial charge < -0.3 is 14.6 Å². The summed E-state index contributed by atoms with van der Waals surface area (Å²) in [7, 11) is 0. The highest BCUT2D eigenvalue weighted by molar-refractivity contribution is 5.89. The molecule has 0 spiro atoms. The number of benzene rings is 1. The fourth-order valence-corrected chi connectivity index (χ4v) is 2.27. The van der Waals surface area contributed by atoms with E-state index in [1.165, 1.54) is 0 Å². The fraction of sp³-hybridized carbons (Fsp3) is 0.250. The monoisotopic (exact) mass is 285 g/mol. The molecule has 0 radical (unpaired) electrons. The van der Waals surface area contributed by atoms with E-state index in [1.807, 2.05) is 18.2 Å². The second kappa shape index (κ2) is 5.44. The maximum Gasteiger partial charge on any atom is 0.337 e. The van der Waals surface area contributed by atoms with Crippen LogP contribution in [0.3, 0.4) is 0 Å². The van der Waals surface area contributed by atoms with E-state index in [0.717, 1.165) is 17.7 Å². The minimum atomic E-state index is -0.967. The lowest BCUT2D eigenvalue weighted by Gasteiger charge is -2.10. The number of hydrogen-bond donors (Lipinski definition) is 1. The third-order valence-corrected chi connectivity index (χ3v) is 3.36. The Bertz CT molecular complexity index is 697. The van der Waals surface area contributed by atoms with Crippen LogP contribution in [0.4, 0.5) is 0 Å². The summed E-state index contributed by atoms with van der Waals surface area (Å²) in [6.45, 7) is 2.97. The standard InChI is InChI=1S/C16H15NO4/c1-10-12(16(18)19)4-5-13(17-10)11-3-6-14-15(9-11)21-8-2-7-20-14/h3-6,9H,2,7-8H2,1H3,(H,18,19). The number of carbonyl (C=O) groups is 1. The number of nitrogens with zero attached hydrogens (tertiary/aromatic N) is 1. The first-order valence-corrected chi connectivity index (χ1v) is 6.76. The Morgan fingerprint density at radius 3 is 2.62 bits per heavy atom. The molecule has 1 aromatic heterocycles. The van der Waals surface area contributed by atoms with Crippen LogP contribution in [0.2, 0.25) is 0 Å². The van der Waals surface area contributed by atoms with Gasteiger partial charge >= 0.3 is 5.97 Å². The molecular weight excluding hydrogens is 270 g/mol. The Morgan fingerprint density at radius 1 is 1.14 bits per heavy atom. The predicted molar refractivity (Wildman–Crippen MR) is 77.0 cm³/mol. The first kappa shape index (κ1) is 13.4. The number of rotatable bonds is 2. The first-order valence-electron chi connectivity index (χ1n) is 6.76. The molecule has 5 nitrogen and oxygen atoms in total. The minimum absolute atomic E-state index is 0.216. The molecule has 1 aromatic carbocycles.